The number of hydrogen-bond donors (Lipinski definition) is 2. The maximum atomic E-state index is 12.7. The third-order valence-corrected chi connectivity index (χ3v) is 5.58. The van der Waals surface area contributed by atoms with Crippen LogP contribution in [0.4, 0.5) is 20.4 Å². The van der Waals surface area contributed by atoms with Crippen LogP contribution in [0.1, 0.15) is 36.2 Å². The van der Waals surface area contributed by atoms with Crippen molar-refractivity contribution in [3.63, 3.8) is 0 Å². The second-order valence-electron chi connectivity index (χ2n) is 7.20. The predicted octanol–water partition coefficient (Wildman–Crippen LogP) is 3.77. The Balaban J connectivity index is 1.51. The van der Waals surface area contributed by atoms with Crippen molar-refractivity contribution in [3.8, 4) is 0 Å². The van der Waals surface area contributed by atoms with Gasteiger partial charge in [0.2, 0.25) is 11.9 Å². The third-order valence-electron chi connectivity index (χ3n) is 5.26. The van der Waals surface area contributed by atoms with Crippen molar-refractivity contribution in [3.05, 3.63) is 64.7 Å². The summed E-state index contributed by atoms with van der Waals surface area (Å²) in [5.74, 6) is -0.0712. The summed E-state index contributed by atoms with van der Waals surface area (Å²) in [6.07, 6.45) is 6.53. The number of carbonyl (C=O) groups excluding carboxylic acids is 1. The highest BCUT2D eigenvalue weighted by molar-refractivity contribution is 6.31. The Morgan fingerprint density at radius 2 is 2.03 bits per heavy atom. The number of primary amides is 1. The first kappa shape index (κ1) is 20.2. The summed E-state index contributed by atoms with van der Waals surface area (Å²) in [4.78, 5) is 20.4. The standard InChI is InChI=1S/C20H19ClF2N6O/c21-15-10-25-19(27-13-9-26-29(11-13)18(22)23)28-16(15)6-5-12-3-1-2-4-14(12)20(7-8-20)17(24)30/h1-4,9-11,18H,5-8H2,(H2,24,30)(H,25,27,28). The molecule has 7 nitrogen and oxygen atoms in total. The van der Waals surface area contributed by atoms with Crippen LogP contribution in [0.2, 0.25) is 5.02 Å². The molecule has 156 valence electrons. The van der Waals surface area contributed by atoms with Crippen molar-refractivity contribution in [2.24, 2.45) is 5.73 Å². The molecule has 1 fully saturated rings. The zero-order valence-corrected chi connectivity index (χ0v) is 16.6. The van der Waals surface area contributed by atoms with Gasteiger partial charge in [0, 0.05) is 0 Å². The van der Waals surface area contributed by atoms with Crippen LogP contribution >= 0.6 is 11.6 Å². The zero-order chi connectivity index (χ0) is 21.3. The molecule has 0 atom stereocenters. The smallest absolute Gasteiger partial charge is 0.333 e. The SMILES string of the molecule is NC(=O)C1(c2ccccc2CCc2nc(Nc3cnn(C(F)F)c3)ncc2Cl)CC1. The second-order valence-corrected chi connectivity index (χ2v) is 7.61. The number of anilines is 2. The van der Waals surface area contributed by atoms with Crippen LogP contribution in [0.3, 0.4) is 0 Å². The molecule has 30 heavy (non-hydrogen) atoms. The van der Waals surface area contributed by atoms with E-state index in [0.717, 1.165) is 30.2 Å². The number of halogens is 3. The van der Waals surface area contributed by atoms with E-state index in [2.05, 4.69) is 20.4 Å². The summed E-state index contributed by atoms with van der Waals surface area (Å²) in [5.41, 5.74) is 8.00. The van der Waals surface area contributed by atoms with Crippen LogP contribution in [0.5, 0.6) is 0 Å². The fourth-order valence-corrected chi connectivity index (χ4v) is 3.69. The lowest BCUT2D eigenvalue weighted by atomic mass is 9.88. The van der Waals surface area contributed by atoms with Crippen molar-refractivity contribution in [1.29, 1.82) is 0 Å². The normalized spacial score (nSPS) is 14.7. The maximum Gasteiger partial charge on any atom is 0.333 e. The molecule has 0 spiro atoms. The second kappa shape index (κ2) is 7.98. The lowest BCUT2D eigenvalue weighted by Gasteiger charge is -2.16. The fraction of sp³-hybridized carbons (Fsp3) is 0.300. The molecule has 0 radical (unpaired) electrons. The molecule has 3 N–H and O–H groups in total. The van der Waals surface area contributed by atoms with E-state index in [4.69, 9.17) is 17.3 Å². The highest BCUT2D eigenvalue weighted by atomic mass is 35.5. The first-order chi connectivity index (χ1) is 14.4. The number of benzene rings is 1. The summed E-state index contributed by atoms with van der Waals surface area (Å²) < 4.78 is 25.9. The van der Waals surface area contributed by atoms with Gasteiger partial charge >= 0.3 is 6.55 Å². The molecule has 0 saturated heterocycles. The molecule has 2 aromatic heterocycles. The van der Waals surface area contributed by atoms with Gasteiger partial charge in [-0.15, -0.1) is 0 Å². The van der Waals surface area contributed by atoms with Crippen molar-refractivity contribution >= 4 is 29.1 Å². The fourth-order valence-electron chi connectivity index (χ4n) is 3.51. The van der Waals surface area contributed by atoms with Gasteiger partial charge in [0.05, 0.1) is 40.4 Å². The number of aryl methyl sites for hydroxylation is 2. The summed E-state index contributed by atoms with van der Waals surface area (Å²) in [6, 6.07) is 7.75. The average molecular weight is 433 g/mol. The van der Waals surface area contributed by atoms with Crippen LogP contribution in [0.15, 0.2) is 42.9 Å². The number of rotatable bonds is 8. The number of carbonyl (C=O) groups is 1. The molecule has 3 aromatic rings. The van der Waals surface area contributed by atoms with Gasteiger partial charge in [-0.1, -0.05) is 35.9 Å². The summed E-state index contributed by atoms with van der Waals surface area (Å²) in [5, 5.41) is 6.81. The van der Waals surface area contributed by atoms with Crippen molar-refractivity contribution in [2.75, 3.05) is 5.32 Å². The Hall–Kier alpha value is -3.07. The van der Waals surface area contributed by atoms with E-state index in [1.165, 1.54) is 12.4 Å². The van der Waals surface area contributed by atoms with E-state index in [9.17, 15) is 13.6 Å². The number of nitrogens with one attached hydrogen (secondary N) is 1. The summed E-state index contributed by atoms with van der Waals surface area (Å²) in [7, 11) is 0. The minimum atomic E-state index is -2.72. The Morgan fingerprint density at radius 1 is 1.27 bits per heavy atom. The van der Waals surface area contributed by atoms with Gasteiger partial charge < -0.3 is 11.1 Å². The van der Waals surface area contributed by atoms with Crippen LogP contribution in [0.25, 0.3) is 0 Å². The molecule has 2 heterocycles. The third kappa shape index (κ3) is 3.97. The van der Waals surface area contributed by atoms with Crippen LogP contribution in [0, 0.1) is 0 Å². The predicted molar refractivity (Wildman–Crippen MR) is 108 cm³/mol. The molecule has 1 aliphatic carbocycles. The lowest BCUT2D eigenvalue weighted by molar-refractivity contribution is -0.120. The van der Waals surface area contributed by atoms with Gasteiger partial charge in [-0.2, -0.15) is 13.9 Å². The summed E-state index contributed by atoms with van der Waals surface area (Å²) in [6.45, 7) is -2.72. The average Bonchev–Trinajstić information content (AvgIpc) is 3.41. The van der Waals surface area contributed by atoms with Crippen molar-refractivity contribution in [1.82, 2.24) is 19.7 Å². The Kier molecular flexibility index (Phi) is 5.38. The van der Waals surface area contributed by atoms with Gasteiger partial charge in [-0.3, -0.25) is 4.79 Å². The molecular weight excluding hydrogens is 414 g/mol. The van der Waals surface area contributed by atoms with E-state index >= 15 is 0 Å². The topological polar surface area (TPSA) is 98.7 Å². The van der Waals surface area contributed by atoms with E-state index < -0.39 is 12.0 Å². The molecule has 10 heteroatoms. The highest BCUT2D eigenvalue weighted by Gasteiger charge is 2.50. The molecule has 0 aliphatic heterocycles. The van der Waals surface area contributed by atoms with Crippen LogP contribution in [-0.4, -0.2) is 25.7 Å². The summed E-state index contributed by atoms with van der Waals surface area (Å²) >= 11 is 6.26. The van der Waals surface area contributed by atoms with Crippen molar-refractivity contribution < 1.29 is 13.6 Å². The van der Waals surface area contributed by atoms with Gasteiger partial charge in [0.15, 0.2) is 0 Å². The largest absolute Gasteiger partial charge is 0.369 e. The van der Waals surface area contributed by atoms with E-state index in [0.29, 0.717) is 33.9 Å². The molecule has 1 aliphatic rings. The van der Waals surface area contributed by atoms with Gasteiger partial charge in [-0.25, -0.2) is 14.6 Å². The molecule has 1 aromatic carbocycles. The number of hydrogen-bond acceptors (Lipinski definition) is 5. The molecule has 4 rings (SSSR count). The lowest BCUT2D eigenvalue weighted by Crippen LogP contribution is -2.29. The van der Waals surface area contributed by atoms with E-state index in [1.54, 1.807) is 0 Å². The van der Waals surface area contributed by atoms with Crippen molar-refractivity contribution in [2.45, 2.75) is 37.6 Å². The Bertz CT molecular complexity index is 1080. The first-order valence-electron chi connectivity index (χ1n) is 9.38. The molecule has 0 bridgehead atoms. The van der Waals surface area contributed by atoms with E-state index in [-0.39, 0.29) is 11.9 Å². The number of aromatic nitrogens is 4. The van der Waals surface area contributed by atoms with Gasteiger partial charge in [0.1, 0.15) is 0 Å². The maximum absolute atomic E-state index is 12.7. The zero-order valence-electron chi connectivity index (χ0n) is 15.9. The molecule has 1 amide bonds. The Labute approximate surface area is 176 Å². The Morgan fingerprint density at radius 3 is 2.70 bits per heavy atom. The number of amides is 1. The molecular formula is C20H19ClF2N6O. The quantitative estimate of drug-likeness (QED) is 0.564. The number of alkyl halides is 2. The molecule has 0 unspecified atom stereocenters. The van der Waals surface area contributed by atoms with Gasteiger partial charge in [-0.05, 0) is 36.8 Å². The number of nitrogens with two attached hydrogens (primary N) is 1. The first-order valence-corrected chi connectivity index (χ1v) is 9.76. The van der Waals surface area contributed by atoms with Gasteiger partial charge in [0.25, 0.3) is 0 Å². The number of nitrogens with zero attached hydrogens (tertiary/aromatic N) is 4. The highest BCUT2D eigenvalue weighted by Crippen LogP contribution is 2.49. The van der Waals surface area contributed by atoms with Crippen LogP contribution < -0.4 is 11.1 Å². The monoisotopic (exact) mass is 432 g/mol. The minimum Gasteiger partial charge on any atom is -0.369 e. The molecule has 1 saturated carbocycles. The van der Waals surface area contributed by atoms with Crippen LogP contribution in [-0.2, 0) is 23.1 Å². The minimum absolute atomic E-state index is 0.229. The van der Waals surface area contributed by atoms with E-state index in [1.807, 2.05) is 24.3 Å².